The summed E-state index contributed by atoms with van der Waals surface area (Å²) in [5.74, 6) is -0.595. The Bertz CT molecular complexity index is 921. The highest BCUT2D eigenvalue weighted by Crippen LogP contribution is 2.39. The van der Waals surface area contributed by atoms with Gasteiger partial charge in [-0.2, -0.15) is 0 Å². The van der Waals surface area contributed by atoms with Crippen molar-refractivity contribution in [3.63, 3.8) is 0 Å². The fraction of sp³-hybridized carbons (Fsp3) is 0.542. The number of carboxylic acids is 1. The predicted molar refractivity (Wildman–Crippen MR) is 131 cm³/mol. The summed E-state index contributed by atoms with van der Waals surface area (Å²) in [7, 11) is 0. The molecule has 1 heterocycles. The number of halogens is 1. The van der Waals surface area contributed by atoms with Gasteiger partial charge >= 0.3 is 5.97 Å². The smallest absolute Gasteiger partial charge is 0.341 e. The lowest BCUT2D eigenvalue weighted by Gasteiger charge is -2.31. The van der Waals surface area contributed by atoms with Gasteiger partial charge in [-0.1, -0.05) is 54.5 Å². The van der Waals surface area contributed by atoms with Crippen molar-refractivity contribution >= 4 is 50.8 Å². The lowest BCUT2D eigenvalue weighted by atomic mass is 9.94. The van der Waals surface area contributed by atoms with Crippen LogP contribution >= 0.6 is 27.7 Å². The molecule has 2 aliphatic carbocycles. The fourth-order valence-corrected chi connectivity index (χ4v) is 6.13. The molecule has 4 rings (SSSR count). The van der Waals surface area contributed by atoms with Gasteiger partial charge < -0.3 is 9.84 Å². The number of amides is 1. The number of benzene rings is 1. The second kappa shape index (κ2) is 10.9. The van der Waals surface area contributed by atoms with Crippen LogP contribution in [0.5, 0.6) is 5.75 Å². The molecule has 1 saturated heterocycles. The van der Waals surface area contributed by atoms with Gasteiger partial charge in [0.15, 0.2) is 11.8 Å². The first-order valence-corrected chi connectivity index (χ1v) is 13.1. The molecule has 3 aliphatic rings. The zero-order chi connectivity index (χ0) is 22.5. The number of carbonyl (C=O) groups is 2. The summed E-state index contributed by atoms with van der Waals surface area (Å²) >= 11 is 4.91. The number of carboxylic acid groups (broad SMARTS) is 1. The van der Waals surface area contributed by atoms with Crippen molar-refractivity contribution in [2.75, 3.05) is 6.61 Å². The van der Waals surface area contributed by atoms with Gasteiger partial charge in [-0.05, 0) is 61.7 Å². The van der Waals surface area contributed by atoms with E-state index >= 15 is 0 Å². The van der Waals surface area contributed by atoms with Gasteiger partial charge in [-0.15, -0.1) is 0 Å². The van der Waals surface area contributed by atoms with Crippen LogP contribution in [0.25, 0.3) is 6.08 Å². The Morgan fingerprint density at radius 2 is 1.84 bits per heavy atom. The number of hydrogen-bond acceptors (Lipinski definition) is 5. The number of thioether (sulfide) groups is 1. The lowest BCUT2D eigenvalue weighted by molar-refractivity contribution is -0.139. The summed E-state index contributed by atoms with van der Waals surface area (Å²) in [6.45, 7) is -0.429. The number of nitrogens with zero attached hydrogens (tertiary/aromatic N) is 2. The van der Waals surface area contributed by atoms with E-state index in [9.17, 15) is 9.59 Å². The highest BCUT2D eigenvalue weighted by atomic mass is 79.9. The van der Waals surface area contributed by atoms with Crippen LogP contribution in [0, 0.1) is 0 Å². The Balaban J connectivity index is 1.65. The lowest BCUT2D eigenvalue weighted by Crippen LogP contribution is -2.41. The molecule has 8 heteroatoms. The molecule has 3 fully saturated rings. The van der Waals surface area contributed by atoms with E-state index in [-0.39, 0.29) is 11.9 Å². The molecule has 1 N–H and O–H groups in total. The van der Waals surface area contributed by atoms with Gasteiger partial charge in [0, 0.05) is 16.1 Å². The van der Waals surface area contributed by atoms with Crippen LogP contribution < -0.4 is 4.74 Å². The molecule has 0 unspecified atom stereocenters. The summed E-state index contributed by atoms with van der Waals surface area (Å²) in [6.07, 6.45) is 13.2. The van der Waals surface area contributed by atoms with E-state index in [1.165, 1.54) is 37.4 Å². The molecular weight excluding hydrogens is 492 g/mol. The largest absolute Gasteiger partial charge is 0.481 e. The third-order valence-electron chi connectivity index (χ3n) is 6.25. The molecule has 1 aromatic carbocycles. The molecule has 0 aromatic heterocycles. The first-order valence-electron chi connectivity index (χ1n) is 11.5. The van der Waals surface area contributed by atoms with E-state index in [2.05, 4.69) is 15.9 Å². The third-order valence-corrected chi connectivity index (χ3v) is 7.74. The number of rotatable bonds is 6. The second-order valence-electron chi connectivity index (χ2n) is 8.65. The maximum atomic E-state index is 13.5. The maximum Gasteiger partial charge on any atom is 0.341 e. The molecule has 1 amide bonds. The SMILES string of the molecule is O=C(O)COc1ccc(Br)cc1C=C1SC(=NC2CCCCC2)N(C2CCCCC2)C1=O. The minimum absolute atomic E-state index is 0.000574. The van der Waals surface area contributed by atoms with E-state index in [4.69, 9.17) is 14.8 Å². The number of amidine groups is 1. The average Bonchev–Trinajstić information content (AvgIpc) is 3.09. The number of hydrogen-bond donors (Lipinski definition) is 1. The Hall–Kier alpha value is -1.80. The summed E-state index contributed by atoms with van der Waals surface area (Å²) in [6, 6.07) is 5.87. The predicted octanol–water partition coefficient (Wildman–Crippen LogP) is 5.85. The molecule has 1 aliphatic heterocycles. The van der Waals surface area contributed by atoms with Crippen molar-refractivity contribution in [3.8, 4) is 5.75 Å². The van der Waals surface area contributed by atoms with Gasteiger partial charge in [0.1, 0.15) is 5.75 Å². The van der Waals surface area contributed by atoms with Crippen LogP contribution in [-0.4, -0.2) is 45.7 Å². The molecule has 0 spiro atoms. The number of aliphatic carboxylic acids is 1. The molecule has 0 atom stereocenters. The van der Waals surface area contributed by atoms with Crippen molar-refractivity contribution < 1.29 is 19.4 Å². The van der Waals surface area contributed by atoms with Crippen molar-refractivity contribution in [1.29, 1.82) is 0 Å². The summed E-state index contributed by atoms with van der Waals surface area (Å²) < 4.78 is 6.30. The Morgan fingerprint density at radius 3 is 2.53 bits per heavy atom. The van der Waals surface area contributed by atoms with Gasteiger partial charge in [-0.3, -0.25) is 14.7 Å². The van der Waals surface area contributed by atoms with Crippen molar-refractivity contribution in [3.05, 3.63) is 33.1 Å². The Morgan fingerprint density at radius 1 is 1.16 bits per heavy atom. The molecule has 0 radical (unpaired) electrons. The minimum Gasteiger partial charge on any atom is -0.481 e. The summed E-state index contributed by atoms with van der Waals surface area (Å²) in [5, 5.41) is 9.82. The van der Waals surface area contributed by atoms with Crippen LogP contribution in [0.3, 0.4) is 0 Å². The highest BCUT2D eigenvalue weighted by Gasteiger charge is 2.39. The van der Waals surface area contributed by atoms with Crippen molar-refractivity contribution in [2.24, 2.45) is 4.99 Å². The zero-order valence-electron chi connectivity index (χ0n) is 18.1. The topological polar surface area (TPSA) is 79.2 Å². The van der Waals surface area contributed by atoms with E-state index in [1.807, 2.05) is 17.0 Å². The standard InChI is InChI=1S/C24H29BrN2O4S/c25-17-11-12-20(31-15-22(28)29)16(13-17)14-21-23(30)27(19-9-5-2-6-10-19)24(32-21)26-18-7-3-1-4-8-18/h11-14,18-19H,1-10,15H2,(H,28,29). The van der Waals surface area contributed by atoms with Crippen molar-refractivity contribution in [2.45, 2.75) is 76.3 Å². The monoisotopic (exact) mass is 520 g/mol. The van der Waals surface area contributed by atoms with Gasteiger partial charge in [0.05, 0.1) is 10.9 Å². The van der Waals surface area contributed by atoms with Gasteiger partial charge in [0.25, 0.3) is 5.91 Å². The van der Waals surface area contributed by atoms with Crippen LogP contribution in [0.2, 0.25) is 0 Å². The second-order valence-corrected chi connectivity index (χ2v) is 10.6. The van der Waals surface area contributed by atoms with Crippen molar-refractivity contribution in [1.82, 2.24) is 4.90 Å². The fourth-order valence-electron chi connectivity index (χ4n) is 4.65. The first kappa shape index (κ1) is 23.4. The number of carbonyl (C=O) groups excluding carboxylic acids is 1. The summed E-state index contributed by atoms with van der Waals surface area (Å²) in [4.78, 5) is 32.1. The molecule has 0 bridgehead atoms. The number of ether oxygens (including phenoxy) is 1. The third kappa shape index (κ3) is 5.76. The summed E-state index contributed by atoms with van der Waals surface area (Å²) in [5.41, 5.74) is 0.680. The molecular formula is C24H29BrN2O4S. The quantitative estimate of drug-likeness (QED) is 0.475. The van der Waals surface area contributed by atoms with Crippen LogP contribution in [0.15, 0.2) is 32.6 Å². The normalized spacial score (nSPS) is 23.3. The zero-order valence-corrected chi connectivity index (χ0v) is 20.5. The van der Waals surface area contributed by atoms with Crippen LogP contribution in [-0.2, 0) is 9.59 Å². The first-order chi connectivity index (χ1) is 15.5. The molecule has 32 heavy (non-hydrogen) atoms. The highest BCUT2D eigenvalue weighted by molar-refractivity contribution is 9.10. The van der Waals surface area contributed by atoms with Crippen LogP contribution in [0.1, 0.15) is 69.8 Å². The average molecular weight is 521 g/mol. The molecule has 6 nitrogen and oxygen atoms in total. The van der Waals surface area contributed by atoms with E-state index in [0.717, 1.165) is 48.2 Å². The minimum atomic E-state index is -1.04. The van der Waals surface area contributed by atoms with E-state index < -0.39 is 12.6 Å². The molecule has 1 aromatic rings. The van der Waals surface area contributed by atoms with Crippen LogP contribution in [0.4, 0.5) is 0 Å². The molecule has 2 saturated carbocycles. The number of aliphatic imine (C=N–C) groups is 1. The maximum absolute atomic E-state index is 13.5. The Kier molecular flexibility index (Phi) is 7.94. The Labute approximate surface area is 201 Å². The molecule has 172 valence electrons. The van der Waals surface area contributed by atoms with Gasteiger partial charge in [-0.25, -0.2) is 4.79 Å². The van der Waals surface area contributed by atoms with E-state index in [0.29, 0.717) is 22.3 Å². The van der Waals surface area contributed by atoms with E-state index in [1.54, 1.807) is 12.1 Å². The van der Waals surface area contributed by atoms with Gasteiger partial charge in [0.2, 0.25) is 0 Å².